The minimum Gasteiger partial charge on any atom is -0.381 e. The minimum atomic E-state index is -0.170. The van der Waals surface area contributed by atoms with Gasteiger partial charge in [0.25, 0.3) is 0 Å². The molecule has 0 spiro atoms. The first kappa shape index (κ1) is 14.5. The quantitative estimate of drug-likeness (QED) is 0.880. The summed E-state index contributed by atoms with van der Waals surface area (Å²) in [6.45, 7) is 6.74. The van der Waals surface area contributed by atoms with Gasteiger partial charge in [-0.1, -0.05) is 45.0 Å². The number of hydrogen-bond acceptors (Lipinski definition) is 2. The van der Waals surface area contributed by atoms with E-state index in [-0.39, 0.29) is 11.0 Å². The summed E-state index contributed by atoms with van der Waals surface area (Å²) in [7, 11) is 1.80. The number of benzene rings is 1. The minimum absolute atomic E-state index is 0.170. The lowest BCUT2D eigenvalue weighted by atomic mass is 9.74. The van der Waals surface area contributed by atoms with E-state index < -0.39 is 0 Å². The van der Waals surface area contributed by atoms with Crippen LogP contribution in [-0.4, -0.2) is 13.2 Å². The van der Waals surface area contributed by atoms with Crippen molar-refractivity contribution < 1.29 is 4.74 Å². The molecule has 1 aliphatic carbocycles. The van der Waals surface area contributed by atoms with Gasteiger partial charge in [-0.3, -0.25) is 0 Å². The van der Waals surface area contributed by atoms with E-state index in [0.717, 1.165) is 25.7 Å². The van der Waals surface area contributed by atoms with Gasteiger partial charge in [0.15, 0.2) is 0 Å². The second-order valence-electron chi connectivity index (χ2n) is 6.92. The Balaban J connectivity index is 2.22. The molecule has 0 aliphatic heterocycles. The van der Waals surface area contributed by atoms with Crippen LogP contribution in [0.2, 0.25) is 0 Å². The van der Waals surface area contributed by atoms with Crippen LogP contribution in [0.1, 0.15) is 57.6 Å². The van der Waals surface area contributed by atoms with Crippen LogP contribution in [0.15, 0.2) is 24.3 Å². The summed E-state index contributed by atoms with van der Waals surface area (Å²) in [5.74, 6) is 0. The summed E-state index contributed by atoms with van der Waals surface area (Å²) in [4.78, 5) is 0. The SMILES string of the molecule is COC1CCC(N)(c2cccc(C(C)(C)C)c2)CC1. The Hall–Kier alpha value is -0.860. The number of methoxy groups -OCH3 is 1. The highest BCUT2D eigenvalue weighted by Crippen LogP contribution is 2.37. The third-order valence-corrected chi connectivity index (χ3v) is 4.46. The van der Waals surface area contributed by atoms with E-state index >= 15 is 0 Å². The zero-order valence-corrected chi connectivity index (χ0v) is 12.7. The van der Waals surface area contributed by atoms with Gasteiger partial charge in [0.2, 0.25) is 0 Å². The maximum absolute atomic E-state index is 6.65. The van der Waals surface area contributed by atoms with Crippen molar-refractivity contribution in [2.45, 2.75) is 63.5 Å². The molecule has 0 aromatic heterocycles. The molecule has 2 rings (SSSR count). The molecule has 2 nitrogen and oxygen atoms in total. The molecular weight excluding hydrogens is 234 g/mol. The van der Waals surface area contributed by atoms with Gasteiger partial charge in [-0.25, -0.2) is 0 Å². The average Bonchev–Trinajstić information content (AvgIpc) is 2.39. The number of nitrogens with two attached hydrogens (primary N) is 1. The van der Waals surface area contributed by atoms with Gasteiger partial charge in [-0.2, -0.15) is 0 Å². The zero-order valence-electron chi connectivity index (χ0n) is 12.7. The monoisotopic (exact) mass is 261 g/mol. The Labute approximate surface area is 117 Å². The van der Waals surface area contributed by atoms with Gasteiger partial charge < -0.3 is 10.5 Å². The predicted octanol–water partition coefficient (Wildman–Crippen LogP) is 3.73. The highest BCUT2D eigenvalue weighted by atomic mass is 16.5. The molecule has 19 heavy (non-hydrogen) atoms. The molecule has 2 N–H and O–H groups in total. The molecule has 1 aliphatic rings. The molecule has 1 fully saturated rings. The number of rotatable bonds is 2. The lowest BCUT2D eigenvalue weighted by Gasteiger charge is -2.37. The zero-order chi connectivity index (χ0) is 14.1. The van der Waals surface area contributed by atoms with Crippen molar-refractivity contribution in [1.29, 1.82) is 0 Å². The third kappa shape index (κ3) is 3.18. The van der Waals surface area contributed by atoms with Crippen LogP contribution in [0.3, 0.4) is 0 Å². The van der Waals surface area contributed by atoms with Crippen LogP contribution in [0, 0.1) is 0 Å². The molecule has 1 saturated carbocycles. The maximum Gasteiger partial charge on any atom is 0.0573 e. The highest BCUT2D eigenvalue weighted by molar-refractivity contribution is 5.33. The molecule has 0 amide bonds. The lowest BCUT2D eigenvalue weighted by molar-refractivity contribution is 0.0493. The smallest absolute Gasteiger partial charge is 0.0573 e. The van der Waals surface area contributed by atoms with Gasteiger partial charge in [0.1, 0.15) is 0 Å². The second kappa shape index (κ2) is 5.26. The summed E-state index contributed by atoms with van der Waals surface area (Å²) < 4.78 is 5.44. The van der Waals surface area contributed by atoms with Crippen molar-refractivity contribution in [3.8, 4) is 0 Å². The molecule has 2 heteroatoms. The van der Waals surface area contributed by atoms with Gasteiger partial charge in [0, 0.05) is 12.6 Å². The standard InChI is InChI=1S/C17H27NO/c1-16(2,3)13-6-5-7-14(12-13)17(18)10-8-15(19-4)9-11-17/h5-7,12,15H,8-11,18H2,1-4H3. The summed E-state index contributed by atoms with van der Waals surface area (Å²) in [6, 6.07) is 8.83. The van der Waals surface area contributed by atoms with E-state index in [0.29, 0.717) is 6.10 Å². The van der Waals surface area contributed by atoms with Crippen molar-refractivity contribution in [2.24, 2.45) is 5.73 Å². The highest BCUT2D eigenvalue weighted by Gasteiger charge is 2.33. The Morgan fingerprint density at radius 1 is 1.21 bits per heavy atom. The van der Waals surface area contributed by atoms with Gasteiger partial charge in [-0.05, 0) is 42.2 Å². The molecule has 1 aromatic rings. The molecule has 106 valence electrons. The van der Waals surface area contributed by atoms with E-state index in [4.69, 9.17) is 10.5 Å². The Morgan fingerprint density at radius 3 is 2.37 bits per heavy atom. The van der Waals surface area contributed by atoms with E-state index in [1.807, 2.05) is 0 Å². The fourth-order valence-corrected chi connectivity index (χ4v) is 2.93. The lowest BCUT2D eigenvalue weighted by Crippen LogP contribution is -2.42. The second-order valence-corrected chi connectivity index (χ2v) is 6.92. The first-order valence-corrected chi connectivity index (χ1v) is 7.28. The molecule has 1 aromatic carbocycles. The van der Waals surface area contributed by atoms with Crippen LogP contribution < -0.4 is 5.73 Å². The van der Waals surface area contributed by atoms with Crippen LogP contribution in [0.4, 0.5) is 0 Å². The van der Waals surface area contributed by atoms with Crippen molar-refractivity contribution >= 4 is 0 Å². The van der Waals surface area contributed by atoms with Crippen molar-refractivity contribution in [1.82, 2.24) is 0 Å². The summed E-state index contributed by atoms with van der Waals surface area (Å²) in [5.41, 5.74) is 9.31. The molecule has 0 radical (unpaired) electrons. The predicted molar refractivity (Wildman–Crippen MR) is 80.3 cm³/mol. The maximum atomic E-state index is 6.65. The fraction of sp³-hybridized carbons (Fsp3) is 0.647. The average molecular weight is 261 g/mol. The Morgan fingerprint density at radius 2 is 1.84 bits per heavy atom. The summed E-state index contributed by atoms with van der Waals surface area (Å²) >= 11 is 0. The Kier molecular flexibility index (Phi) is 4.03. The first-order valence-electron chi connectivity index (χ1n) is 7.28. The molecule has 0 unspecified atom stereocenters. The van der Waals surface area contributed by atoms with Crippen LogP contribution in [-0.2, 0) is 15.7 Å². The molecule has 0 heterocycles. The van der Waals surface area contributed by atoms with Crippen LogP contribution >= 0.6 is 0 Å². The van der Waals surface area contributed by atoms with Gasteiger partial charge >= 0.3 is 0 Å². The molecular formula is C17H27NO. The van der Waals surface area contributed by atoms with E-state index in [9.17, 15) is 0 Å². The van der Waals surface area contributed by atoms with E-state index in [2.05, 4.69) is 45.0 Å². The third-order valence-electron chi connectivity index (χ3n) is 4.46. The molecule has 0 atom stereocenters. The fourth-order valence-electron chi connectivity index (χ4n) is 2.93. The van der Waals surface area contributed by atoms with Crippen LogP contribution in [0.5, 0.6) is 0 Å². The Bertz CT molecular complexity index is 425. The van der Waals surface area contributed by atoms with Crippen molar-refractivity contribution in [3.05, 3.63) is 35.4 Å². The summed E-state index contributed by atoms with van der Waals surface area (Å²) in [6.07, 6.45) is 4.54. The topological polar surface area (TPSA) is 35.2 Å². The number of ether oxygens (including phenoxy) is 1. The van der Waals surface area contributed by atoms with Gasteiger partial charge in [0.05, 0.1) is 6.10 Å². The largest absolute Gasteiger partial charge is 0.381 e. The van der Waals surface area contributed by atoms with E-state index in [1.165, 1.54) is 11.1 Å². The summed E-state index contributed by atoms with van der Waals surface area (Å²) in [5, 5.41) is 0. The van der Waals surface area contributed by atoms with Crippen molar-refractivity contribution in [3.63, 3.8) is 0 Å². The normalized spacial score (nSPS) is 28.4. The number of hydrogen-bond donors (Lipinski definition) is 1. The van der Waals surface area contributed by atoms with Crippen molar-refractivity contribution in [2.75, 3.05) is 7.11 Å². The van der Waals surface area contributed by atoms with Gasteiger partial charge in [-0.15, -0.1) is 0 Å². The van der Waals surface area contributed by atoms with Crippen LogP contribution in [0.25, 0.3) is 0 Å². The first-order chi connectivity index (χ1) is 8.85. The van der Waals surface area contributed by atoms with E-state index in [1.54, 1.807) is 7.11 Å². The molecule has 0 bridgehead atoms. The molecule has 0 saturated heterocycles.